The van der Waals surface area contributed by atoms with E-state index in [1.165, 1.54) is 11.8 Å². The van der Waals surface area contributed by atoms with Crippen molar-refractivity contribution in [3.63, 3.8) is 0 Å². The Kier molecular flexibility index (Phi) is 6.27. The molecule has 6 heteroatoms. The van der Waals surface area contributed by atoms with E-state index in [0.29, 0.717) is 32.5 Å². The monoisotopic (exact) mass is 371 g/mol. The number of hydrogen-bond acceptors (Lipinski definition) is 5. The van der Waals surface area contributed by atoms with Crippen LogP contribution in [0.4, 0.5) is 0 Å². The third-order valence-corrected chi connectivity index (χ3v) is 5.31. The fourth-order valence-electron chi connectivity index (χ4n) is 3.30. The Morgan fingerprint density at radius 1 is 1.23 bits per heavy atom. The van der Waals surface area contributed by atoms with Gasteiger partial charge in [-0.15, -0.1) is 0 Å². The van der Waals surface area contributed by atoms with Crippen molar-refractivity contribution in [2.24, 2.45) is 0 Å². The zero-order chi connectivity index (χ0) is 18.5. The summed E-state index contributed by atoms with van der Waals surface area (Å²) in [6.07, 6.45) is 3.09. The van der Waals surface area contributed by atoms with Crippen molar-refractivity contribution in [2.75, 3.05) is 26.0 Å². The molecule has 1 fully saturated rings. The summed E-state index contributed by atoms with van der Waals surface area (Å²) in [5, 5.41) is 0.786. The number of amides is 1. The van der Waals surface area contributed by atoms with E-state index in [9.17, 15) is 4.79 Å². The van der Waals surface area contributed by atoms with E-state index in [2.05, 4.69) is 22.1 Å². The summed E-state index contributed by atoms with van der Waals surface area (Å²) in [7, 11) is 0. The average molecular weight is 372 g/mol. The average Bonchev–Trinajstić information content (AvgIpc) is 2.67. The van der Waals surface area contributed by atoms with Gasteiger partial charge in [0.1, 0.15) is 6.10 Å². The summed E-state index contributed by atoms with van der Waals surface area (Å²) in [6, 6.07) is 10.1. The van der Waals surface area contributed by atoms with Crippen LogP contribution in [0.2, 0.25) is 0 Å². The highest BCUT2D eigenvalue weighted by molar-refractivity contribution is 7.98. The molecule has 1 saturated heterocycles. The zero-order valence-corrected chi connectivity index (χ0v) is 16.4. The smallest absolute Gasteiger partial charge is 0.223 e. The Balaban J connectivity index is 1.62. The van der Waals surface area contributed by atoms with Gasteiger partial charge in [-0.3, -0.25) is 4.79 Å². The van der Waals surface area contributed by atoms with Gasteiger partial charge in [-0.2, -0.15) is 0 Å². The molecule has 0 aliphatic carbocycles. The molecule has 0 saturated carbocycles. The molecule has 1 aliphatic heterocycles. The van der Waals surface area contributed by atoms with Crippen LogP contribution < -0.4 is 0 Å². The number of morpholine rings is 1. The second-order valence-electron chi connectivity index (χ2n) is 6.47. The lowest BCUT2D eigenvalue weighted by Gasteiger charge is -2.33. The van der Waals surface area contributed by atoms with Crippen LogP contribution in [0.5, 0.6) is 0 Å². The second kappa shape index (κ2) is 8.64. The molecule has 1 aromatic carbocycles. The number of ether oxygens (including phenoxy) is 1. The van der Waals surface area contributed by atoms with Crippen LogP contribution in [0, 0.1) is 13.8 Å². The van der Waals surface area contributed by atoms with Crippen LogP contribution in [0.3, 0.4) is 0 Å². The second-order valence-corrected chi connectivity index (χ2v) is 7.24. The first-order chi connectivity index (χ1) is 12.6. The van der Waals surface area contributed by atoms with Crippen LogP contribution in [0.25, 0.3) is 0 Å². The summed E-state index contributed by atoms with van der Waals surface area (Å²) in [4.78, 5) is 23.6. The number of nitrogens with zero attached hydrogens (tertiary/aromatic N) is 3. The number of aryl methyl sites for hydroxylation is 2. The highest BCUT2D eigenvalue weighted by atomic mass is 32.2. The minimum Gasteiger partial charge on any atom is -0.370 e. The van der Waals surface area contributed by atoms with Crippen LogP contribution in [-0.4, -0.2) is 46.7 Å². The fraction of sp³-hybridized carbons (Fsp3) is 0.450. The molecule has 0 N–H and O–H groups in total. The zero-order valence-electron chi connectivity index (χ0n) is 15.6. The number of aromatic nitrogens is 2. The van der Waals surface area contributed by atoms with E-state index in [4.69, 9.17) is 4.74 Å². The summed E-state index contributed by atoms with van der Waals surface area (Å²) in [6.45, 7) is 5.84. The normalized spacial score (nSPS) is 17.3. The van der Waals surface area contributed by atoms with Gasteiger partial charge in [0.05, 0.1) is 13.2 Å². The van der Waals surface area contributed by atoms with Crippen molar-refractivity contribution in [3.05, 3.63) is 52.8 Å². The summed E-state index contributed by atoms with van der Waals surface area (Å²) in [5.41, 5.74) is 4.15. The minimum absolute atomic E-state index is 0.0402. The molecular formula is C20H25N3O2S. The number of carbonyl (C=O) groups is 1. The van der Waals surface area contributed by atoms with Crippen LogP contribution >= 0.6 is 11.8 Å². The standard InChI is InChI=1S/C20H25N3O2S/c1-14-17(15(2)22-20(21-14)26-3)9-10-19(24)23-11-12-25-18(13-23)16-7-5-4-6-8-16/h4-8,18H,9-13H2,1-3H3. The number of hydrogen-bond donors (Lipinski definition) is 0. The highest BCUT2D eigenvalue weighted by Gasteiger charge is 2.25. The molecule has 0 bridgehead atoms. The molecule has 5 nitrogen and oxygen atoms in total. The first-order valence-corrected chi connectivity index (χ1v) is 10.1. The molecule has 2 aromatic rings. The maximum Gasteiger partial charge on any atom is 0.223 e. The van der Waals surface area contributed by atoms with E-state index in [1.54, 1.807) is 0 Å². The minimum atomic E-state index is -0.0402. The highest BCUT2D eigenvalue weighted by Crippen LogP contribution is 2.23. The molecule has 1 atom stereocenters. The van der Waals surface area contributed by atoms with Gasteiger partial charge in [0, 0.05) is 24.4 Å². The molecule has 1 aliphatic rings. The fourth-order valence-corrected chi connectivity index (χ4v) is 3.75. The molecule has 0 spiro atoms. The summed E-state index contributed by atoms with van der Waals surface area (Å²) < 4.78 is 5.85. The largest absolute Gasteiger partial charge is 0.370 e. The number of benzene rings is 1. The maximum absolute atomic E-state index is 12.7. The molecule has 1 aromatic heterocycles. The van der Waals surface area contributed by atoms with Gasteiger partial charge in [0.25, 0.3) is 0 Å². The molecule has 1 unspecified atom stereocenters. The molecule has 2 heterocycles. The lowest BCUT2D eigenvalue weighted by molar-refractivity contribution is -0.139. The Labute approximate surface area is 159 Å². The predicted molar refractivity (Wildman–Crippen MR) is 103 cm³/mol. The Bertz CT molecular complexity index is 744. The van der Waals surface area contributed by atoms with Crippen molar-refractivity contribution >= 4 is 17.7 Å². The molecule has 26 heavy (non-hydrogen) atoms. The van der Waals surface area contributed by atoms with Gasteiger partial charge < -0.3 is 9.64 Å². The van der Waals surface area contributed by atoms with E-state index in [1.807, 2.05) is 43.2 Å². The van der Waals surface area contributed by atoms with E-state index >= 15 is 0 Å². The Morgan fingerprint density at radius 3 is 2.58 bits per heavy atom. The van der Waals surface area contributed by atoms with Crippen molar-refractivity contribution in [1.29, 1.82) is 0 Å². The number of rotatable bonds is 5. The van der Waals surface area contributed by atoms with Crippen molar-refractivity contribution in [2.45, 2.75) is 37.9 Å². The SMILES string of the molecule is CSc1nc(C)c(CCC(=O)N2CCOC(c3ccccc3)C2)c(C)n1. The number of thioether (sulfide) groups is 1. The van der Waals surface area contributed by atoms with Gasteiger partial charge in [-0.25, -0.2) is 9.97 Å². The van der Waals surface area contributed by atoms with Crippen LogP contribution in [0.1, 0.15) is 35.0 Å². The molecular weight excluding hydrogens is 346 g/mol. The van der Waals surface area contributed by atoms with Gasteiger partial charge in [-0.1, -0.05) is 42.1 Å². The third-order valence-electron chi connectivity index (χ3n) is 4.76. The van der Waals surface area contributed by atoms with E-state index < -0.39 is 0 Å². The first-order valence-electron chi connectivity index (χ1n) is 8.91. The molecule has 1 amide bonds. The van der Waals surface area contributed by atoms with Crippen molar-refractivity contribution in [3.8, 4) is 0 Å². The van der Waals surface area contributed by atoms with E-state index in [0.717, 1.165) is 27.7 Å². The summed E-state index contributed by atoms with van der Waals surface area (Å²) >= 11 is 1.54. The Hall–Kier alpha value is -1.92. The van der Waals surface area contributed by atoms with Gasteiger partial charge in [-0.05, 0) is 37.7 Å². The number of carbonyl (C=O) groups excluding carboxylic acids is 1. The van der Waals surface area contributed by atoms with Crippen LogP contribution in [-0.2, 0) is 16.0 Å². The molecule has 138 valence electrons. The lowest BCUT2D eigenvalue weighted by Crippen LogP contribution is -2.42. The maximum atomic E-state index is 12.7. The Morgan fingerprint density at radius 2 is 1.92 bits per heavy atom. The topological polar surface area (TPSA) is 55.3 Å². The van der Waals surface area contributed by atoms with Crippen LogP contribution in [0.15, 0.2) is 35.5 Å². The molecule has 3 rings (SSSR count). The lowest BCUT2D eigenvalue weighted by atomic mass is 10.0. The van der Waals surface area contributed by atoms with Crippen molar-refractivity contribution < 1.29 is 9.53 Å². The third kappa shape index (κ3) is 4.43. The van der Waals surface area contributed by atoms with Crippen molar-refractivity contribution in [1.82, 2.24) is 14.9 Å². The quantitative estimate of drug-likeness (QED) is 0.596. The predicted octanol–water partition coefficient (Wildman–Crippen LogP) is 3.35. The van der Waals surface area contributed by atoms with Gasteiger partial charge >= 0.3 is 0 Å². The summed E-state index contributed by atoms with van der Waals surface area (Å²) in [5.74, 6) is 0.168. The van der Waals surface area contributed by atoms with E-state index in [-0.39, 0.29) is 12.0 Å². The van der Waals surface area contributed by atoms with Gasteiger partial charge in [0.15, 0.2) is 5.16 Å². The first kappa shape index (κ1) is 18.9. The molecule has 0 radical (unpaired) electrons. The van der Waals surface area contributed by atoms with Gasteiger partial charge in [0.2, 0.25) is 5.91 Å².